The third kappa shape index (κ3) is 5.16. The van der Waals surface area contributed by atoms with E-state index in [0.717, 1.165) is 18.7 Å². The third-order valence-electron chi connectivity index (χ3n) is 3.86. The molecule has 1 aromatic carbocycles. The largest absolute Gasteiger partial charge is 0.491 e. The van der Waals surface area contributed by atoms with Crippen LogP contribution in [0.1, 0.15) is 30.6 Å². The molecule has 1 aliphatic rings. The van der Waals surface area contributed by atoms with E-state index in [0.29, 0.717) is 18.7 Å². The number of benzene rings is 1. The van der Waals surface area contributed by atoms with Crippen LogP contribution in [0.4, 0.5) is 0 Å². The van der Waals surface area contributed by atoms with Gasteiger partial charge in [-0.25, -0.2) is 0 Å². The van der Waals surface area contributed by atoms with Gasteiger partial charge in [-0.2, -0.15) is 0 Å². The summed E-state index contributed by atoms with van der Waals surface area (Å²) in [4.78, 5) is 12.0. The van der Waals surface area contributed by atoms with E-state index in [1.54, 1.807) is 12.1 Å². The van der Waals surface area contributed by atoms with Crippen LogP contribution in [0.15, 0.2) is 24.3 Å². The molecule has 1 saturated heterocycles. The molecule has 2 rings (SSSR count). The van der Waals surface area contributed by atoms with Crippen molar-refractivity contribution in [3.05, 3.63) is 29.8 Å². The first-order valence-electron chi connectivity index (χ1n) is 7.53. The van der Waals surface area contributed by atoms with Gasteiger partial charge < -0.3 is 20.5 Å². The quantitative estimate of drug-likeness (QED) is 0.742. The average Bonchev–Trinajstić information content (AvgIpc) is 2.90. The van der Waals surface area contributed by atoms with Gasteiger partial charge in [-0.15, -0.1) is 12.4 Å². The maximum atomic E-state index is 12.0. The van der Waals surface area contributed by atoms with Crippen LogP contribution >= 0.6 is 12.4 Å². The Morgan fingerprint density at radius 1 is 1.41 bits per heavy atom. The number of nitrogens with one attached hydrogen (secondary N) is 2. The summed E-state index contributed by atoms with van der Waals surface area (Å²) >= 11 is 0. The van der Waals surface area contributed by atoms with Gasteiger partial charge >= 0.3 is 0 Å². The predicted octanol–water partition coefficient (Wildman–Crippen LogP) is 1.60. The fourth-order valence-electron chi connectivity index (χ4n) is 2.25. The molecule has 1 heterocycles. The van der Waals surface area contributed by atoms with Crippen molar-refractivity contribution in [1.29, 1.82) is 0 Å². The van der Waals surface area contributed by atoms with Crippen molar-refractivity contribution in [2.45, 2.75) is 32.5 Å². The molecular formula is C16H25ClN2O3. The molecule has 22 heavy (non-hydrogen) atoms. The molecular weight excluding hydrogens is 304 g/mol. The van der Waals surface area contributed by atoms with Crippen LogP contribution in [0.2, 0.25) is 0 Å². The van der Waals surface area contributed by atoms with E-state index in [9.17, 15) is 9.90 Å². The van der Waals surface area contributed by atoms with Gasteiger partial charge in [0.25, 0.3) is 5.91 Å². The lowest BCUT2D eigenvalue weighted by atomic mass is 10.1. The second-order valence-electron chi connectivity index (χ2n) is 5.56. The number of aliphatic hydroxyl groups is 1. The Hall–Kier alpha value is -1.30. The van der Waals surface area contributed by atoms with E-state index in [1.807, 2.05) is 19.1 Å². The molecule has 124 valence electrons. The number of amides is 1. The molecule has 6 heteroatoms. The highest BCUT2D eigenvalue weighted by Gasteiger charge is 2.25. The summed E-state index contributed by atoms with van der Waals surface area (Å²) in [6.07, 6.45) is 0.734. The molecule has 0 radical (unpaired) electrons. The predicted molar refractivity (Wildman–Crippen MR) is 88.8 cm³/mol. The SMILES string of the molecule is CCC(C)Oc1ccc(C(=O)NCC2CNCC2O)cc1.Cl. The highest BCUT2D eigenvalue weighted by molar-refractivity contribution is 5.94. The van der Waals surface area contributed by atoms with Crippen LogP contribution in [0.3, 0.4) is 0 Å². The van der Waals surface area contributed by atoms with E-state index >= 15 is 0 Å². The number of carbonyl (C=O) groups excluding carboxylic acids is 1. The van der Waals surface area contributed by atoms with E-state index in [1.165, 1.54) is 0 Å². The molecule has 1 aromatic rings. The minimum atomic E-state index is -0.378. The third-order valence-corrected chi connectivity index (χ3v) is 3.86. The molecule has 0 saturated carbocycles. The van der Waals surface area contributed by atoms with E-state index < -0.39 is 0 Å². The van der Waals surface area contributed by atoms with Crippen LogP contribution < -0.4 is 15.4 Å². The number of carbonyl (C=O) groups is 1. The molecule has 5 nitrogen and oxygen atoms in total. The number of hydrogen-bond acceptors (Lipinski definition) is 4. The standard InChI is InChI=1S/C16H24N2O3.ClH/c1-3-11(2)21-14-6-4-12(5-7-14)16(20)18-9-13-8-17-10-15(13)19;/h4-7,11,13,15,17,19H,3,8-10H2,1-2H3,(H,18,20);1H. The van der Waals surface area contributed by atoms with Crippen molar-refractivity contribution in [3.63, 3.8) is 0 Å². The summed E-state index contributed by atoms with van der Waals surface area (Å²) in [5.74, 6) is 0.738. The van der Waals surface area contributed by atoms with Gasteiger partial charge in [0, 0.05) is 31.1 Å². The minimum Gasteiger partial charge on any atom is -0.491 e. The van der Waals surface area contributed by atoms with Crippen molar-refractivity contribution < 1.29 is 14.6 Å². The molecule has 0 aliphatic carbocycles. The lowest BCUT2D eigenvalue weighted by Gasteiger charge is -2.15. The van der Waals surface area contributed by atoms with E-state index in [-0.39, 0.29) is 36.4 Å². The molecule has 1 amide bonds. The van der Waals surface area contributed by atoms with E-state index in [2.05, 4.69) is 17.6 Å². The summed E-state index contributed by atoms with van der Waals surface area (Å²) in [6.45, 7) is 5.91. The average molecular weight is 329 g/mol. The normalized spacial score (nSPS) is 21.8. The van der Waals surface area contributed by atoms with Crippen LogP contribution in [-0.4, -0.2) is 42.9 Å². The summed E-state index contributed by atoms with van der Waals surface area (Å²) in [5, 5.41) is 15.6. The molecule has 0 bridgehead atoms. The van der Waals surface area contributed by atoms with Crippen molar-refractivity contribution in [3.8, 4) is 5.75 Å². The van der Waals surface area contributed by atoms with Crippen molar-refractivity contribution in [2.75, 3.05) is 19.6 Å². The Labute approximate surface area is 137 Å². The Bertz CT molecular complexity index is 467. The number of rotatable bonds is 6. The summed E-state index contributed by atoms with van der Waals surface area (Å²) in [7, 11) is 0. The zero-order chi connectivity index (χ0) is 15.2. The molecule has 1 aliphatic heterocycles. The summed E-state index contributed by atoms with van der Waals surface area (Å²) in [6, 6.07) is 7.15. The van der Waals surface area contributed by atoms with Crippen molar-refractivity contribution >= 4 is 18.3 Å². The van der Waals surface area contributed by atoms with Gasteiger partial charge in [0.1, 0.15) is 5.75 Å². The summed E-state index contributed by atoms with van der Waals surface area (Å²) < 4.78 is 5.68. The van der Waals surface area contributed by atoms with Crippen molar-refractivity contribution in [1.82, 2.24) is 10.6 Å². The van der Waals surface area contributed by atoms with Crippen LogP contribution in [-0.2, 0) is 0 Å². The molecule has 0 spiro atoms. The molecule has 3 unspecified atom stereocenters. The maximum Gasteiger partial charge on any atom is 0.251 e. The van der Waals surface area contributed by atoms with Gasteiger partial charge in [-0.05, 0) is 37.6 Å². The van der Waals surface area contributed by atoms with Crippen LogP contribution in [0.25, 0.3) is 0 Å². The van der Waals surface area contributed by atoms with Gasteiger partial charge in [-0.3, -0.25) is 4.79 Å². The number of hydrogen-bond donors (Lipinski definition) is 3. The fraction of sp³-hybridized carbons (Fsp3) is 0.562. The lowest BCUT2D eigenvalue weighted by molar-refractivity contribution is 0.0927. The van der Waals surface area contributed by atoms with Gasteiger partial charge in [-0.1, -0.05) is 6.92 Å². The van der Waals surface area contributed by atoms with Crippen LogP contribution in [0, 0.1) is 5.92 Å². The molecule has 0 aromatic heterocycles. The minimum absolute atomic E-state index is 0. The zero-order valence-electron chi connectivity index (χ0n) is 13.0. The first kappa shape index (κ1) is 18.7. The maximum absolute atomic E-state index is 12.0. The number of halogens is 1. The lowest BCUT2D eigenvalue weighted by Crippen LogP contribution is -2.34. The van der Waals surface area contributed by atoms with Gasteiger partial charge in [0.15, 0.2) is 0 Å². The zero-order valence-corrected chi connectivity index (χ0v) is 13.9. The Kier molecular flexibility index (Phi) is 7.65. The monoisotopic (exact) mass is 328 g/mol. The van der Waals surface area contributed by atoms with Crippen molar-refractivity contribution in [2.24, 2.45) is 5.92 Å². The van der Waals surface area contributed by atoms with Gasteiger partial charge in [0.2, 0.25) is 0 Å². The Morgan fingerprint density at radius 2 is 2.09 bits per heavy atom. The smallest absolute Gasteiger partial charge is 0.251 e. The van der Waals surface area contributed by atoms with Crippen LogP contribution in [0.5, 0.6) is 5.75 Å². The fourth-order valence-corrected chi connectivity index (χ4v) is 2.25. The molecule has 3 N–H and O–H groups in total. The first-order valence-corrected chi connectivity index (χ1v) is 7.53. The number of aliphatic hydroxyl groups excluding tert-OH is 1. The summed E-state index contributed by atoms with van der Waals surface area (Å²) in [5.41, 5.74) is 0.604. The topological polar surface area (TPSA) is 70.6 Å². The molecule has 3 atom stereocenters. The second-order valence-corrected chi connectivity index (χ2v) is 5.56. The molecule has 1 fully saturated rings. The van der Waals surface area contributed by atoms with E-state index in [4.69, 9.17) is 4.74 Å². The van der Waals surface area contributed by atoms with Gasteiger partial charge in [0.05, 0.1) is 12.2 Å². The second kappa shape index (κ2) is 8.98. The first-order chi connectivity index (χ1) is 10.1. The Morgan fingerprint density at radius 3 is 2.64 bits per heavy atom. The number of ether oxygens (including phenoxy) is 1. The highest BCUT2D eigenvalue weighted by atomic mass is 35.5. The number of β-amino-alcohol motifs (C(OH)–C–C–N with tert-alkyl or cyclic N) is 1. The highest BCUT2D eigenvalue weighted by Crippen LogP contribution is 2.15. The Balaban J connectivity index is 0.00000242.